The van der Waals surface area contributed by atoms with Crippen molar-refractivity contribution in [3.63, 3.8) is 0 Å². The van der Waals surface area contributed by atoms with Gasteiger partial charge in [-0.2, -0.15) is 0 Å². The molecule has 0 radical (unpaired) electrons. The number of nitrogen functional groups attached to an aromatic ring is 1. The number of nitrogens with two attached hydrogens (primary N) is 1. The number of benzene rings is 2. The summed E-state index contributed by atoms with van der Waals surface area (Å²) in [4.78, 5) is 15.0. The minimum absolute atomic E-state index is 0.234. The fourth-order valence-corrected chi connectivity index (χ4v) is 3.37. The first-order valence-corrected chi connectivity index (χ1v) is 7.47. The van der Waals surface area contributed by atoms with E-state index in [1.807, 2.05) is 41.3 Å². The van der Waals surface area contributed by atoms with E-state index in [-0.39, 0.29) is 11.3 Å². The first kappa shape index (κ1) is 12.5. The van der Waals surface area contributed by atoms with Crippen LogP contribution in [-0.4, -0.2) is 12.5 Å². The molecule has 0 bridgehead atoms. The van der Waals surface area contributed by atoms with Gasteiger partial charge in [0.05, 0.1) is 5.41 Å². The van der Waals surface area contributed by atoms with Gasteiger partial charge < -0.3 is 10.6 Å². The number of anilines is 2. The molecule has 0 saturated heterocycles. The Hall–Kier alpha value is -2.29. The molecule has 1 aliphatic carbocycles. The van der Waals surface area contributed by atoms with Crippen LogP contribution in [0.15, 0.2) is 48.5 Å². The zero-order chi connectivity index (χ0) is 14.4. The molecule has 3 heteroatoms. The normalized spacial score (nSPS) is 18.4. The van der Waals surface area contributed by atoms with Crippen molar-refractivity contribution in [3.05, 3.63) is 59.7 Å². The number of fused-ring (bicyclic) bond motifs is 1. The highest BCUT2D eigenvalue weighted by molar-refractivity contribution is 6.04. The van der Waals surface area contributed by atoms with E-state index in [0.717, 1.165) is 42.7 Å². The van der Waals surface area contributed by atoms with Crippen molar-refractivity contribution in [3.8, 4) is 0 Å². The van der Waals surface area contributed by atoms with Crippen molar-refractivity contribution < 1.29 is 4.79 Å². The van der Waals surface area contributed by atoms with Crippen LogP contribution in [0, 0.1) is 0 Å². The van der Waals surface area contributed by atoms with Gasteiger partial charge in [0.2, 0.25) is 5.91 Å². The number of hydrogen-bond acceptors (Lipinski definition) is 2. The van der Waals surface area contributed by atoms with Crippen LogP contribution < -0.4 is 10.6 Å². The number of amides is 1. The minimum Gasteiger partial charge on any atom is -0.399 e. The summed E-state index contributed by atoms with van der Waals surface area (Å²) in [6.45, 7) is 0.770. The summed E-state index contributed by atoms with van der Waals surface area (Å²) in [5.41, 5.74) is 9.68. The van der Waals surface area contributed by atoms with Gasteiger partial charge in [-0.1, -0.05) is 36.4 Å². The molecular formula is C18H18N2O. The van der Waals surface area contributed by atoms with E-state index in [1.165, 1.54) is 5.56 Å². The lowest BCUT2D eigenvalue weighted by Crippen LogP contribution is -2.38. The molecule has 106 valence electrons. The Morgan fingerprint density at radius 1 is 1.10 bits per heavy atom. The third kappa shape index (κ3) is 1.84. The summed E-state index contributed by atoms with van der Waals surface area (Å²) in [6.07, 6.45) is 2.82. The van der Waals surface area contributed by atoms with Crippen molar-refractivity contribution in [1.29, 1.82) is 0 Å². The van der Waals surface area contributed by atoms with Crippen LogP contribution in [0.5, 0.6) is 0 Å². The van der Waals surface area contributed by atoms with E-state index in [4.69, 9.17) is 5.73 Å². The number of nitrogens with zero attached hydrogens (tertiary/aromatic N) is 1. The molecule has 0 spiro atoms. The van der Waals surface area contributed by atoms with Crippen LogP contribution >= 0.6 is 0 Å². The third-order valence-corrected chi connectivity index (χ3v) is 4.74. The lowest BCUT2D eigenvalue weighted by Gasteiger charge is -2.24. The molecule has 4 rings (SSSR count). The van der Waals surface area contributed by atoms with Crippen LogP contribution in [0.2, 0.25) is 0 Å². The van der Waals surface area contributed by atoms with Crippen molar-refractivity contribution >= 4 is 17.3 Å². The molecule has 1 saturated carbocycles. The van der Waals surface area contributed by atoms with E-state index in [9.17, 15) is 4.79 Å². The molecule has 2 aromatic carbocycles. The van der Waals surface area contributed by atoms with Gasteiger partial charge in [0.1, 0.15) is 0 Å². The molecule has 1 heterocycles. The van der Waals surface area contributed by atoms with Gasteiger partial charge in [0.15, 0.2) is 0 Å². The molecule has 1 amide bonds. The second-order valence-corrected chi connectivity index (χ2v) is 6.04. The summed E-state index contributed by atoms with van der Waals surface area (Å²) in [6, 6.07) is 16.0. The van der Waals surface area contributed by atoms with E-state index in [0.29, 0.717) is 0 Å². The van der Waals surface area contributed by atoms with Gasteiger partial charge in [-0.25, -0.2) is 0 Å². The molecule has 1 fully saturated rings. The quantitative estimate of drug-likeness (QED) is 0.859. The zero-order valence-electron chi connectivity index (χ0n) is 11.9. The van der Waals surface area contributed by atoms with Crippen LogP contribution in [0.4, 0.5) is 11.4 Å². The molecule has 2 aromatic rings. The maximum atomic E-state index is 13.1. The predicted octanol–water partition coefficient (Wildman–Crippen LogP) is 2.89. The molecule has 2 N–H and O–H groups in total. The van der Waals surface area contributed by atoms with Crippen molar-refractivity contribution in [2.75, 3.05) is 17.2 Å². The molecule has 0 aromatic heterocycles. The predicted molar refractivity (Wildman–Crippen MR) is 84.3 cm³/mol. The number of rotatable bonds is 2. The maximum absolute atomic E-state index is 13.1. The highest BCUT2D eigenvalue weighted by Crippen LogP contribution is 2.50. The number of hydrogen-bond donors (Lipinski definition) is 1. The van der Waals surface area contributed by atoms with Gasteiger partial charge in [-0.3, -0.25) is 4.79 Å². The lowest BCUT2D eigenvalue weighted by molar-refractivity contribution is -0.120. The van der Waals surface area contributed by atoms with Gasteiger partial charge in [0, 0.05) is 17.9 Å². The Morgan fingerprint density at radius 3 is 2.57 bits per heavy atom. The topological polar surface area (TPSA) is 46.3 Å². The van der Waals surface area contributed by atoms with Crippen LogP contribution in [0.25, 0.3) is 0 Å². The summed E-state index contributed by atoms with van der Waals surface area (Å²) < 4.78 is 0. The summed E-state index contributed by atoms with van der Waals surface area (Å²) in [5, 5.41) is 0. The van der Waals surface area contributed by atoms with Crippen molar-refractivity contribution in [2.24, 2.45) is 0 Å². The molecule has 0 unspecified atom stereocenters. The molecule has 3 nitrogen and oxygen atoms in total. The van der Waals surface area contributed by atoms with Gasteiger partial charge in [-0.05, 0) is 42.5 Å². The highest BCUT2D eigenvalue weighted by Gasteiger charge is 2.53. The number of carbonyl (C=O) groups excluding carboxylic acids is 1. The van der Waals surface area contributed by atoms with E-state index in [1.54, 1.807) is 0 Å². The monoisotopic (exact) mass is 278 g/mol. The second kappa shape index (κ2) is 4.35. The van der Waals surface area contributed by atoms with Crippen LogP contribution in [0.1, 0.15) is 24.0 Å². The highest BCUT2D eigenvalue weighted by atomic mass is 16.2. The zero-order valence-corrected chi connectivity index (χ0v) is 11.9. The van der Waals surface area contributed by atoms with Crippen LogP contribution in [0.3, 0.4) is 0 Å². The fourth-order valence-electron chi connectivity index (χ4n) is 3.37. The van der Waals surface area contributed by atoms with E-state index < -0.39 is 0 Å². The largest absolute Gasteiger partial charge is 0.399 e. The van der Waals surface area contributed by atoms with E-state index >= 15 is 0 Å². The molecular weight excluding hydrogens is 260 g/mol. The van der Waals surface area contributed by atoms with Crippen LogP contribution in [-0.2, 0) is 16.6 Å². The Kier molecular flexibility index (Phi) is 2.58. The SMILES string of the molecule is Nc1ccc2c(c1)N(C(=O)C1(c3ccccc3)CC1)CC2. The molecule has 2 aliphatic rings. The molecule has 21 heavy (non-hydrogen) atoms. The minimum atomic E-state index is -0.298. The standard InChI is InChI=1S/C18H18N2O/c19-15-7-6-13-8-11-20(16(13)12-15)17(21)18(9-10-18)14-4-2-1-3-5-14/h1-7,12H,8-11,19H2. The second-order valence-electron chi connectivity index (χ2n) is 6.04. The van der Waals surface area contributed by atoms with Crippen molar-refractivity contribution in [2.45, 2.75) is 24.7 Å². The maximum Gasteiger partial charge on any atom is 0.237 e. The average molecular weight is 278 g/mol. The molecule has 0 atom stereocenters. The Balaban J connectivity index is 1.70. The Labute approximate surface area is 124 Å². The van der Waals surface area contributed by atoms with Crippen molar-refractivity contribution in [1.82, 2.24) is 0 Å². The fraction of sp³-hybridized carbons (Fsp3) is 0.278. The molecule has 1 aliphatic heterocycles. The first-order chi connectivity index (χ1) is 10.2. The average Bonchev–Trinajstić information content (AvgIpc) is 3.23. The summed E-state index contributed by atoms with van der Waals surface area (Å²) in [7, 11) is 0. The van der Waals surface area contributed by atoms with Gasteiger partial charge >= 0.3 is 0 Å². The Morgan fingerprint density at radius 2 is 1.86 bits per heavy atom. The van der Waals surface area contributed by atoms with Gasteiger partial charge in [0.25, 0.3) is 0 Å². The first-order valence-electron chi connectivity index (χ1n) is 7.47. The van der Waals surface area contributed by atoms with Gasteiger partial charge in [-0.15, -0.1) is 0 Å². The number of carbonyl (C=O) groups is 1. The lowest BCUT2D eigenvalue weighted by atomic mass is 9.94. The third-order valence-electron chi connectivity index (χ3n) is 4.74. The van der Waals surface area contributed by atoms with E-state index in [2.05, 4.69) is 12.1 Å². The summed E-state index contributed by atoms with van der Waals surface area (Å²) >= 11 is 0. The Bertz CT molecular complexity index is 704. The smallest absolute Gasteiger partial charge is 0.237 e. The summed E-state index contributed by atoms with van der Waals surface area (Å²) in [5.74, 6) is 0.234.